The maximum absolute atomic E-state index is 13.4. The number of amidine groups is 2. The number of benzene rings is 1. The molecule has 0 aliphatic carbocycles. The number of nitrogens with zero attached hydrogens (tertiary/aromatic N) is 6. The van der Waals surface area contributed by atoms with Crippen molar-refractivity contribution in [1.82, 2.24) is 19.6 Å². The van der Waals surface area contributed by atoms with Gasteiger partial charge in [0.05, 0.1) is 18.7 Å². The summed E-state index contributed by atoms with van der Waals surface area (Å²) in [5.74, 6) is 2.92. The van der Waals surface area contributed by atoms with Crippen LogP contribution in [-0.4, -0.2) is 152 Å². The Hall–Kier alpha value is -2.89. The van der Waals surface area contributed by atoms with E-state index in [9.17, 15) is 9.59 Å². The van der Waals surface area contributed by atoms with E-state index in [0.717, 1.165) is 62.3 Å². The summed E-state index contributed by atoms with van der Waals surface area (Å²) < 4.78 is 26.8. The van der Waals surface area contributed by atoms with Crippen LogP contribution >= 0.6 is 32.7 Å². The third kappa shape index (κ3) is 11.9. The van der Waals surface area contributed by atoms with Crippen LogP contribution in [0.5, 0.6) is 0 Å². The summed E-state index contributed by atoms with van der Waals surface area (Å²) in [7, 11) is -1.92. The Bertz CT molecular complexity index is 1950. The highest BCUT2D eigenvalue weighted by atomic mass is 32.3. The van der Waals surface area contributed by atoms with Crippen molar-refractivity contribution >= 4 is 84.8 Å². The molecule has 4 aliphatic heterocycles. The number of thiophene rings is 2. The monoisotopic (exact) mass is 928 g/mol. The molecule has 4 aliphatic rings. The number of likely N-dealkylation sites (tertiary alicyclic amines) is 2. The van der Waals surface area contributed by atoms with Crippen LogP contribution in [0.1, 0.15) is 89.1 Å². The van der Waals surface area contributed by atoms with Crippen molar-refractivity contribution in [2.24, 2.45) is 9.98 Å². The molecule has 1 aromatic carbocycles. The van der Waals surface area contributed by atoms with E-state index in [1.165, 1.54) is 29.9 Å². The van der Waals surface area contributed by atoms with Gasteiger partial charge in [0.2, 0.25) is 0 Å². The van der Waals surface area contributed by atoms with Gasteiger partial charge in [-0.15, -0.1) is 22.7 Å². The van der Waals surface area contributed by atoms with Gasteiger partial charge in [-0.2, -0.15) is 0 Å². The molecule has 62 heavy (non-hydrogen) atoms. The molecule has 0 bridgehead atoms. The molecule has 3 aromatic rings. The lowest BCUT2D eigenvalue weighted by Gasteiger charge is -2.32. The van der Waals surface area contributed by atoms with Crippen LogP contribution in [0.4, 0.5) is 9.59 Å². The van der Waals surface area contributed by atoms with Crippen LogP contribution in [0.3, 0.4) is 0 Å². The summed E-state index contributed by atoms with van der Waals surface area (Å²) in [5, 5.41) is 2.43. The first-order chi connectivity index (χ1) is 29.0. The molecule has 0 saturated carbocycles. The third-order valence-corrected chi connectivity index (χ3v) is 17.0. The predicted octanol–water partition coefficient (Wildman–Crippen LogP) is 10.4. The van der Waals surface area contributed by atoms with Crippen molar-refractivity contribution in [1.29, 1.82) is 0 Å². The van der Waals surface area contributed by atoms with Gasteiger partial charge in [0.15, 0.2) is 0 Å². The average Bonchev–Trinajstić information content (AvgIpc) is 3.98. The summed E-state index contributed by atoms with van der Waals surface area (Å²) in [5.41, 5.74) is -1.13. The molecule has 16 heteroatoms. The number of rotatable bonds is 14. The standard InChI is InChI=1S/C46H72N6O6S3Si/c1-45(2,3)57-43(53)51-17-13-15-35(51)41-47-33(27-49(41)29-55-19-21-61(7,8)9)39-25-31-23-38-32(24-37(31)59-39)26-40(60-38)34-28-50(30-56-20-22-62(10,11)12)42(48-34)36-16-14-18-52(36)44(54)58-46(4,5)6/h23-26,33-36H,13-22,27-30H2,1-12H3/t33?,34?,35-,36-/m0/s1. The highest BCUT2D eigenvalue weighted by Gasteiger charge is 2.43. The van der Waals surface area contributed by atoms with Crippen LogP contribution in [0.25, 0.3) is 20.2 Å². The van der Waals surface area contributed by atoms with E-state index >= 15 is 0 Å². The normalized spacial score (nSPS) is 23.0. The number of hydrogen-bond acceptors (Lipinski definition) is 12. The third-order valence-electron chi connectivity index (χ3n) is 11.5. The molecule has 6 heterocycles. The van der Waals surface area contributed by atoms with Crippen LogP contribution in [-0.2, 0) is 18.9 Å². The first kappa shape index (κ1) is 47.1. The van der Waals surface area contributed by atoms with Gasteiger partial charge in [0, 0.05) is 65.8 Å². The van der Waals surface area contributed by atoms with E-state index in [-0.39, 0.29) is 36.4 Å². The van der Waals surface area contributed by atoms with Crippen molar-refractivity contribution in [3.05, 3.63) is 34.0 Å². The molecule has 12 nitrogen and oxygen atoms in total. The molecule has 2 saturated heterocycles. The second kappa shape index (κ2) is 18.5. The van der Waals surface area contributed by atoms with Gasteiger partial charge in [0.25, 0.3) is 0 Å². The topological polar surface area (TPSA) is 109 Å². The number of aliphatic imine (C=N–C) groups is 2. The minimum atomic E-state index is -1.24. The van der Waals surface area contributed by atoms with Crippen molar-refractivity contribution in [3.63, 3.8) is 0 Å². The summed E-state index contributed by atoms with van der Waals surface area (Å²) in [4.78, 5) is 48.3. The Morgan fingerprint density at radius 1 is 0.710 bits per heavy atom. The van der Waals surface area contributed by atoms with Crippen molar-refractivity contribution in [2.75, 3.05) is 77.4 Å². The van der Waals surface area contributed by atoms with Crippen LogP contribution in [0.2, 0.25) is 25.7 Å². The molecule has 4 atom stereocenters. The largest absolute Gasteiger partial charge is 0.444 e. The number of ether oxygens (including phenoxy) is 4. The van der Waals surface area contributed by atoms with Crippen molar-refractivity contribution in [2.45, 2.75) is 128 Å². The first-order valence-electron chi connectivity index (χ1n) is 22.4. The van der Waals surface area contributed by atoms with E-state index in [1.807, 2.05) is 74.0 Å². The predicted molar refractivity (Wildman–Crippen MR) is 263 cm³/mol. The average molecular weight is 929 g/mol. The molecular weight excluding hydrogens is 857 g/mol. The van der Waals surface area contributed by atoms with Gasteiger partial charge >= 0.3 is 12.2 Å². The number of fused-ring (bicyclic) bond motifs is 2. The minimum Gasteiger partial charge on any atom is -0.444 e. The maximum atomic E-state index is 13.4. The molecule has 0 spiro atoms. The van der Waals surface area contributed by atoms with Gasteiger partial charge in [-0.25, -0.2) is 19.6 Å². The quantitative estimate of drug-likeness (QED) is 0.116. The van der Waals surface area contributed by atoms with E-state index in [0.29, 0.717) is 39.7 Å². The number of carbonyl (C=O) groups is 2. The van der Waals surface area contributed by atoms with Gasteiger partial charge < -0.3 is 28.7 Å². The molecule has 2 amide bonds. The summed E-state index contributed by atoms with van der Waals surface area (Å²) in [6, 6.07) is 10.0. The molecule has 2 fully saturated rings. The lowest BCUT2D eigenvalue weighted by molar-refractivity contribution is 0.0239. The molecular formula is C46H72N6O6S3Si. The zero-order valence-corrected chi connectivity index (χ0v) is 42.8. The van der Waals surface area contributed by atoms with Crippen molar-refractivity contribution < 1.29 is 28.5 Å². The van der Waals surface area contributed by atoms with E-state index in [1.54, 1.807) is 0 Å². The van der Waals surface area contributed by atoms with Gasteiger partial charge in [-0.05, 0) is 127 Å². The van der Waals surface area contributed by atoms with E-state index in [4.69, 9.17) is 28.9 Å². The lowest BCUT2D eigenvalue weighted by atomic mass is 10.1. The summed E-state index contributed by atoms with van der Waals surface area (Å²) in [6.45, 7) is 23.8. The molecule has 2 unspecified atom stereocenters. The highest BCUT2D eigenvalue weighted by Crippen LogP contribution is 2.42. The summed E-state index contributed by atoms with van der Waals surface area (Å²) >= 11 is 3.62. The molecule has 0 radical (unpaired) electrons. The number of amides is 2. The second-order valence-corrected chi connectivity index (χ2v) is 34.0. The minimum absolute atomic E-state index is 0.0437. The van der Waals surface area contributed by atoms with E-state index in [2.05, 4.69) is 72.5 Å². The maximum Gasteiger partial charge on any atom is 0.410 e. The van der Waals surface area contributed by atoms with Gasteiger partial charge in [0.1, 0.15) is 48.4 Å². The van der Waals surface area contributed by atoms with Crippen LogP contribution in [0.15, 0.2) is 34.3 Å². The smallest absolute Gasteiger partial charge is 0.410 e. The number of carbonyl (C=O) groups excluding carboxylic acids is 2. The fraction of sp³-hybridized carbons (Fsp3) is 0.696. The Morgan fingerprint density at radius 2 is 1.15 bits per heavy atom. The van der Waals surface area contributed by atoms with Crippen molar-refractivity contribution in [3.8, 4) is 0 Å². The molecule has 344 valence electrons. The lowest BCUT2D eigenvalue weighted by Crippen LogP contribution is -2.48. The fourth-order valence-corrected chi connectivity index (χ4v) is 12.1. The first-order valence-corrected chi connectivity index (χ1v) is 30.8. The Morgan fingerprint density at radius 3 is 1.55 bits per heavy atom. The Labute approximate surface area is 380 Å². The van der Waals surface area contributed by atoms with Gasteiger partial charge in [-0.1, -0.05) is 19.6 Å². The fourth-order valence-electron chi connectivity index (χ4n) is 8.43. The molecule has 2 aromatic heterocycles. The molecule has 0 N–H and O–H groups in total. The van der Waals surface area contributed by atoms with Gasteiger partial charge in [-0.3, -0.25) is 19.8 Å². The number of hydrogen-bond donors (Lipinski definition) is 0. The van der Waals surface area contributed by atoms with Crippen LogP contribution in [0, 0.1) is 0 Å². The summed E-state index contributed by atoms with van der Waals surface area (Å²) in [6.07, 6.45) is 9.96. The SMILES string of the molecule is CC(C)(C)OC(=O)N1CCC[C@H]1C1=NC(c2cc3cc4sc(C5CN(COCCS(C)(C)C)C([C@@H]6CCCN6C(=O)OC(C)(C)C)=N5)cc4cc3s2)CN1COCC[Si](C)(C)C. The zero-order valence-electron chi connectivity index (χ0n) is 39.4. The Balaban J connectivity index is 1.12. The zero-order chi connectivity index (χ0) is 44.8. The van der Waals surface area contributed by atoms with E-state index < -0.39 is 29.3 Å². The van der Waals surface area contributed by atoms with Crippen LogP contribution < -0.4 is 0 Å². The highest BCUT2D eigenvalue weighted by molar-refractivity contribution is 8.32. The second-order valence-electron chi connectivity index (χ2n) is 21.5. The Kier molecular flexibility index (Phi) is 14.1. The molecule has 7 rings (SSSR count).